The van der Waals surface area contributed by atoms with Gasteiger partial charge in [0.2, 0.25) is 0 Å². The molecule has 0 radical (unpaired) electrons. The van der Waals surface area contributed by atoms with Gasteiger partial charge < -0.3 is 10.6 Å². The van der Waals surface area contributed by atoms with Crippen LogP contribution < -0.4 is 10.6 Å². The Hall–Kier alpha value is -2.21. The average Bonchev–Trinajstić information content (AvgIpc) is 2.38. The monoisotopic (exact) mass is 300 g/mol. The summed E-state index contributed by atoms with van der Waals surface area (Å²) < 4.78 is 39.3. The van der Waals surface area contributed by atoms with Gasteiger partial charge in [-0.05, 0) is 30.3 Å². The first-order valence-electron chi connectivity index (χ1n) is 5.44. The van der Waals surface area contributed by atoms with E-state index < -0.39 is 23.5 Å². The highest BCUT2D eigenvalue weighted by molar-refractivity contribution is 6.33. The molecule has 0 aliphatic heterocycles. The fraction of sp³-hybridized carbons (Fsp3) is 0. The minimum atomic E-state index is -0.873. The van der Waals surface area contributed by atoms with Crippen LogP contribution in [0.15, 0.2) is 36.4 Å². The molecule has 7 heteroatoms. The number of nitrogens with one attached hydrogen (secondary N) is 2. The van der Waals surface area contributed by atoms with Gasteiger partial charge in [0.05, 0.1) is 16.4 Å². The highest BCUT2D eigenvalue weighted by Crippen LogP contribution is 2.23. The molecule has 0 saturated carbocycles. The summed E-state index contributed by atoms with van der Waals surface area (Å²) in [5, 5.41) is 4.45. The van der Waals surface area contributed by atoms with Crippen molar-refractivity contribution in [2.45, 2.75) is 0 Å². The van der Waals surface area contributed by atoms with Gasteiger partial charge in [-0.15, -0.1) is 0 Å². The average molecular weight is 301 g/mol. The van der Waals surface area contributed by atoms with Crippen molar-refractivity contribution in [3.8, 4) is 0 Å². The molecule has 0 aliphatic rings. The minimum absolute atomic E-state index is 0.0148. The molecule has 2 amide bonds. The Morgan fingerprint density at radius 2 is 1.45 bits per heavy atom. The number of benzene rings is 2. The zero-order chi connectivity index (χ0) is 14.7. The third kappa shape index (κ3) is 3.42. The lowest BCUT2D eigenvalue weighted by molar-refractivity contribution is 0.262. The predicted molar refractivity (Wildman–Crippen MR) is 70.4 cm³/mol. The fourth-order valence-electron chi connectivity index (χ4n) is 1.46. The van der Waals surface area contributed by atoms with Crippen LogP contribution in [-0.4, -0.2) is 6.03 Å². The molecule has 0 heterocycles. The van der Waals surface area contributed by atoms with Crippen LogP contribution in [0.4, 0.5) is 29.3 Å². The molecular weight excluding hydrogens is 293 g/mol. The van der Waals surface area contributed by atoms with Crippen molar-refractivity contribution in [1.29, 1.82) is 0 Å². The van der Waals surface area contributed by atoms with E-state index in [1.54, 1.807) is 0 Å². The number of amides is 2. The number of hydrogen-bond acceptors (Lipinski definition) is 1. The van der Waals surface area contributed by atoms with E-state index in [1.165, 1.54) is 6.07 Å². The van der Waals surface area contributed by atoms with Crippen molar-refractivity contribution in [1.82, 2.24) is 0 Å². The van der Waals surface area contributed by atoms with Gasteiger partial charge in [-0.25, -0.2) is 18.0 Å². The Kier molecular flexibility index (Phi) is 4.14. The molecule has 0 atom stereocenters. The Morgan fingerprint density at radius 3 is 2.15 bits per heavy atom. The molecule has 2 rings (SSSR count). The summed E-state index contributed by atoms with van der Waals surface area (Å²) in [5.74, 6) is -2.10. The van der Waals surface area contributed by atoms with Crippen LogP contribution in [0.1, 0.15) is 0 Å². The van der Waals surface area contributed by atoms with Crippen LogP contribution in [-0.2, 0) is 0 Å². The lowest BCUT2D eigenvalue weighted by Gasteiger charge is -2.09. The van der Waals surface area contributed by atoms with Crippen molar-refractivity contribution in [2.75, 3.05) is 10.6 Å². The van der Waals surface area contributed by atoms with E-state index in [-0.39, 0.29) is 16.4 Å². The van der Waals surface area contributed by atoms with E-state index in [9.17, 15) is 18.0 Å². The fourth-order valence-corrected chi connectivity index (χ4v) is 1.63. The third-order valence-corrected chi connectivity index (χ3v) is 2.68. The first-order chi connectivity index (χ1) is 9.45. The van der Waals surface area contributed by atoms with Gasteiger partial charge in [-0.2, -0.15) is 0 Å². The first kappa shape index (κ1) is 14.2. The summed E-state index contributed by atoms with van der Waals surface area (Å²) in [6, 6.07) is 5.13. The van der Waals surface area contributed by atoms with Gasteiger partial charge in [0.1, 0.15) is 17.5 Å². The molecule has 3 nitrogen and oxygen atoms in total. The highest BCUT2D eigenvalue weighted by Gasteiger charge is 2.10. The van der Waals surface area contributed by atoms with Gasteiger partial charge in [-0.1, -0.05) is 11.6 Å². The molecule has 2 aromatic rings. The lowest BCUT2D eigenvalue weighted by Crippen LogP contribution is -2.20. The van der Waals surface area contributed by atoms with Crippen LogP contribution in [0.25, 0.3) is 0 Å². The number of carbonyl (C=O) groups is 1. The van der Waals surface area contributed by atoms with E-state index in [1.807, 2.05) is 0 Å². The molecule has 0 aromatic heterocycles. The van der Waals surface area contributed by atoms with Gasteiger partial charge in [-0.3, -0.25) is 0 Å². The van der Waals surface area contributed by atoms with Crippen LogP contribution in [0.3, 0.4) is 0 Å². The second-order valence-electron chi connectivity index (χ2n) is 3.83. The summed E-state index contributed by atoms with van der Waals surface area (Å²) in [6.45, 7) is 0. The van der Waals surface area contributed by atoms with E-state index >= 15 is 0 Å². The summed E-state index contributed by atoms with van der Waals surface area (Å²) in [5.41, 5.74) is -0.323. The van der Waals surface area contributed by atoms with Gasteiger partial charge in [0.25, 0.3) is 0 Å². The number of rotatable bonds is 2. The van der Waals surface area contributed by atoms with E-state index in [0.29, 0.717) is 0 Å². The molecular formula is C13H8ClF3N2O. The SMILES string of the molecule is O=C(Nc1cc(F)ccc1F)Nc1cc(F)ccc1Cl. The van der Waals surface area contributed by atoms with Crippen LogP contribution in [0.5, 0.6) is 0 Å². The van der Waals surface area contributed by atoms with Gasteiger partial charge in [0, 0.05) is 6.07 Å². The van der Waals surface area contributed by atoms with Crippen molar-refractivity contribution in [3.05, 3.63) is 58.9 Å². The molecule has 20 heavy (non-hydrogen) atoms. The number of halogens is 4. The Bertz CT molecular complexity index is 609. The van der Waals surface area contributed by atoms with Crippen molar-refractivity contribution >= 4 is 29.0 Å². The smallest absolute Gasteiger partial charge is 0.306 e. The molecule has 0 aliphatic carbocycles. The maximum atomic E-state index is 13.3. The molecule has 2 N–H and O–H groups in total. The largest absolute Gasteiger partial charge is 0.323 e. The summed E-state index contributed by atoms with van der Waals surface area (Å²) in [6.07, 6.45) is 0. The zero-order valence-corrected chi connectivity index (χ0v) is 10.6. The maximum Gasteiger partial charge on any atom is 0.323 e. The summed E-state index contributed by atoms with van der Waals surface area (Å²) >= 11 is 5.76. The van der Waals surface area contributed by atoms with Gasteiger partial charge in [0.15, 0.2) is 0 Å². The second-order valence-corrected chi connectivity index (χ2v) is 4.23. The Balaban J connectivity index is 2.13. The number of carbonyl (C=O) groups excluding carboxylic acids is 1. The van der Waals surface area contributed by atoms with Crippen molar-refractivity contribution in [3.63, 3.8) is 0 Å². The standard InChI is InChI=1S/C13H8ClF3N2O/c14-9-3-1-7(15)5-11(9)18-13(20)19-12-6-8(16)2-4-10(12)17/h1-6H,(H2,18,19,20). The van der Waals surface area contributed by atoms with Crippen molar-refractivity contribution in [2.24, 2.45) is 0 Å². The van der Waals surface area contributed by atoms with E-state index in [4.69, 9.17) is 11.6 Å². The van der Waals surface area contributed by atoms with Crippen LogP contribution in [0, 0.1) is 17.5 Å². The Morgan fingerprint density at radius 1 is 0.900 bits per heavy atom. The lowest BCUT2D eigenvalue weighted by atomic mass is 10.3. The second kappa shape index (κ2) is 5.83. The zero-order valence-electron chi connectivity index (χ0n) is 9.88. The number of urea groups is 1. The van der Waals surface area contributed by atoms with Crippen LogP contribution in [0.2, 0.25) is 5.02 Å². The topological polar surface area (TPSA) is 41.1 Å². The highest BCUT2D eigenvalue weighted by atomic mass is 35.5. The Labute approximate surface area is 117 Å². The summed E-state index contributed by atoms with van der Waals surface area (Å²) in [4.78, 5) is 11.6. The molecule has 0 fully saturated rings. The summed E-state index contributed by atoms with van der Waals surface area (Å²) in [7, 11) is 0. The quantitative estimate of drug-likeness (QED) is 0.848. The molecule has 2 aromatic carbocycles. The van der Waals surface area contributed by atoms with E-state index in [0.717, 1.165) is 30.3 Å². The number of anilines is 2. The number of hydrogen-bond donors (Lipinski definition) is 2. The van der Waals surface area contributed by atoms with Crippen LogP contribution >= 0.6 is 11.6 Å². The van der Waals surface area contributed by atoms with Gasteiger partial charge >= 0.3 is 6.03 Å². The van der Waals surface area contributed by atoms with E-state index in [2.05, 4.69) is 10.6 Å². The maximum absolute atomic E-state index is 13.3. The molecule has 0 bridgehead atoms. The normalized spacial score (nSPS) is 10.2. The van der Waals surface area contributed by atoms with Crippen molar-refractivity contribution < 1.29 is 18.0 Å². The minimum Gasteiger partial charge on any atom is -0.306 e. The third-order valence-electron chi connectivity index (χ3n) is 2.35. The molecule has 0 unspecified atom stereocenters. The first-order valence-corrected chi connectivity index (χ1v) is 5.81. The molecule has 104 valence electrons. The molecule has 0 saturated heterocycles. The predicted octanol–water partition coefficient (Wildman–Crippen LogP) is 4.40. The molecule has 0 spiro atoms.